The number of nitrogens with zero attached hydrogens (tertiary/aromatic N) is 2. The minimum absolute atomic E-state index is 0.144. The number of nitrogens with two attached hydrogens (primary N) is 1. The molecule has 19 heavy (non-hydrogen) atoms. The van der Waals surface area contributed by atoms with E-state index in [1.165, 1.54) is 0 Å². The van der Waals surface area contributed by atoms with Crippen molar-refractivity contribution in [2.45, 2.75) is 32.6 Å². The van der Waals surface area contributed by atoms with Crippen LogP contribution in [0.2, 0.25) is 0 Å². The van der Waals surface area contributed by atoms with Crippen LogP contribution in [-0.4, -0.2) is 41.2 Å². The maximum Gasteiger partial charge on any atom is 0.170 e. The predicted molar refractivity (Wildman–Crippen MR) is 74.2 cm³/mol. The lowest BCUT2D eigenvalue weighted by Gasteiger charge is -2.35. The summed E-state index contributed by atoms with van der Waals surface area (Å²) in [6, 6.07) is 7.78. The second kappa shape index (κ2) is 6.04. The largest absolute Gasteiger partial charge is 0.409 e. The second-order valence-corrected chi connectivity index (χ2v) is 5.14. The highest BCUT2D eigenvalue weighted by Gasteiger charge is 2.22. The maximum absolute atomic E-state index is 8.71. The van der Waals surface area contributed by atoms with E-state index < -0.39 is 0 Å². The van der Waals surface area contributed by atoms with Crippen molar-refractivity contribution in [3.8, 4) is 0 Å². The van der Waals surface area contributed by atoms with Gasteiger partial charge >= 0.3 is 0 Å². The minimum atomic E-state index is 0.144. The van der Waals surface area contributed by atoms with Gasteiger partial charge in [-0.25, -0.2) is 0 Å². The van der Waals surface area contributed by atoms with Gasteiger partial charge in [-0.3, -0.25) is 4.90 Å². The van der Waals surface area contributed by atoms with Crippen LogP contribution in [-0.2, 0) is 11.3 Å². The van der Waals surface area contributed by atoms with Gasteiger partial charge in [0.1, 0.15) is 0 Å². The fourth-order valence-electron chi connectivity index (χ4n) is 2.56. The van der Waals surface area contributed by atoms with Crippen LogP contribution >= 0.6 is 0 Å². The molecule has 3 N–H and O–H groups in total. The molecule has 0 aliphatic carbocycles. The molecule has 5 heteroatoms. The third-order valence-electron chi connectivity index (χ3n) is 3.23. The van der Waals surface area contributed by atoms with E-state index in [1.807, 2.05) is 18.2 Å². The summed E-state index contributed by atoms with van der Waals surface area (Å²) >= 11 is 0. The molecule has 0 saturated carbocycles. The Bertz CT molecular complexity index is 452. The molecule has 2 unspecified atom stereocenters. The molecular weight excluding hydrogens is 242 g/mol. The fourth-order valence-corrected chi connectivity index (χ4v) is 2.56. The molecule has 2 atom stereocenters. The van der Waals surface area contributed by atoms with Crippen molar-refractivity contribution in [2.75, 3.05) is 13.1 Å². The molecule has 1 fully saturated rings. The Morgan fingerprint density at radius 1 is 1.42 bits per heavy atom. The lowest BCUT2D eigenvalue weighted by atomic mass is 10.1. The summed E-state index contributed by atoms with van der Waals surface area (Å²) in [7, 11) is 0. The molecule has 0 radical (unpaired) electrons. The summed E-state index contributed by atoms with van der Waals surface area (Å²) in [4.78, 5) is 2.37. The smallest absolute Gasteiger partial charge is 0.170 e. The molecular formula is C14H21N3O2. The summed E-state index contributed by atoms with van der Waals surface area (Å²) in [6.07, 6.45) is 0.520. The molecule has 5 nitrogen and oxygen atoms in total. The summed E-state index contributed by atoms with van der Waals surface area (Å²) in [5.41, 5.74) is 7.51. The van der Waals surface area contributed by atoms with Gasteiger partial charge in [0.15, 0.2) is 5.84 Å². The Labute approximate surface area is 113 Å². The van der Waals surface area contributed by atoms with Crippen molar-refractivity contribution < 1.29 is 9.94 Å². The van der Waals surface area contributed by atoms with Gasteiger partial charge in [0.2, 0.25) is 0 Å². The molecule has 0 amide bonds. The Balaban J connectivity index is 2.06. The zero-order valence-corrected chi connectivity index (χ0v) is 11.4. The number of hydrogen-bond donors (Lipinski definition) is 2. The standard InChI is InChI=1S/C14H21N3O2/c1-10-7-17(8-11(2)19-10)9-12-4-3-5-13(6-12)14(15)16-18/h3-6,10-11,18H,7-9H2,1-2H3,(H2,15,16). The van der Waals surface area contributed by atoms with E-state index in [1.54, 1.807) is 0 Å². The molecule has 1 heterocycles. The zero-order valence-electron chi connectivity index (χ0n) is 11.4. The highest BCUT2D eigenvalue weighted by molar-refractivity contribution is 5.97. The molecule has 104 valence electrons. The third-order valence-corrected chi connectivity index (χ3v) is 3.23. The molecule has 0 spiro atoms. The van der Waals surface area contributed by atoms with Crippen LogP contribution < -0.4 is 5.73 Å². The average Bonchev–Trinajstić information content (AvgIpc) is 2.37. The highest BCUT2D eigenvalue weighted by atomic mass is 16.5. The number of hydrogen-bond acceptors (Lipinski definition) is 4. The molecule has 0 bridgehead atoms. The van der Waals surface area contributed by atoms with Gasteiger partial charge in [0.25, 0.3) is 0 Å². The first kappa shape index (κ1) is 13.8. The van der Waals surface area contributed by atoms with Crippen LogP contribution in [0.5, 0.6) is 0 Å². The Morgan fingerprint density at radius 2 is 2.11 bits per heavy atom. The second-order valence-electron chi connectivity index (χ2n) is 5.14. The molecule has 0 aromatic heterocycles. The zero-order chi connectivity index (χ0) is 13.8. The number of amidine groups is 1. The van der Waals surface area contributed by atoms with Crippen molar-refractivity contribution >= 4 is 5.84 Å². The Hall–Kier alpha value is -1.59. The van der Waals surface area contributed by atoms with E-state index >= 15 is 0 Å². The van der Waals surface area contributed by atoms with Gasteiger partial charge < -0.3 is 15.7 Å². The van der Waals surface area contributed by atoms with E-state index in [4.69, 9.17) is 15.7 Å². The van der Waals surface area contributed by atoms with E-state index in [9.17, 15) is 0 Å². The average molecular weight is 263 g/mol. The first-order chi connectivity index (χ1) is 9.08. The Morgan fingerprint density at radius 3 is 2.74 bits per heavy atom. The Kier molecular flexibility index (Phi) is 4.39. The number of benzene rings is 1. The first-order valence-corrected chi connectivity index (χ1v) is 6.53. The summed E-state index contributed by atoms with van der Waals surface area (Å²) in [6.45, 7) is 6.89. The van der Waals surface area contributed by atoms with Crippen LogP contribution in [0.15, 0.2) is 29.4 Å². The van der Waals surface area contributed by atoms with Gasteiger partial charge in [-0.05, 0) is 25.5 Å². The topological polar surface area (TPSA) is 71.1 Å². The number of morpholine rings is 1. The maximum atomic E-state index is 8.71. The van der Waals surface area contributed by atoms with Crippen molar-refractivity contribution in [3.63, 3.8) is 0 Å². The van der Waals surface area contributed by atoms with E-state index in [0.29, 0.717) is 0 Å². The monoisotopic (exact) mass is 263 g/mol. The SMILES string of the molecule is CC1CN(Cc2cccc(/C(N)=N/O)c2)CC(C)O1. The van der Waals surface area contributed by atoms with Crippen LogP contribution in [0.4, 0.5) is 0 Å². The summed E-state index contributed by atoms with van der Waals surface area (Å²) in [5, 5.41) is 11.7. The van der Waals surface area contributed by atoms with Crippen molar-refractivity contribution in [1.29, 1.82) is 0 Å². The summed E-state index contributed by atoms with van der Waals surface area (Å²) < 4.78 is 5.72. The number of oxime groups is 1. The van der Waals surface area contributed by atoms with E-state index in [0.717, 1.165) is 30.8 Å². The van der Waals surface area contributed by atoms with Crippen molar-refractivity contribution in [1.82, 2.24) is 4.90 Å². The fraction of sp³-hybridized carbons (Fsp3) is 0.500. The van der Waals surface area contributed by atoms with Gasteiger partial charge in [-0.15, -0.1) is 0 Å². The lowest BCUT2D eigenvalue weighted by molar-refractivity contribution is -0.0704. The van der Waals surface area contributed by atoms with Gasteiger partial charge in [-0.2, -0.15) is 0 Å². The highest BCUT2D eigenvalue weighted by Crippen LogP contribution is 2.15. The van der Waals surface area contributed by atoms with Gasteiger partial charge in [-0.1, -0.05) is 23.4 Å². The lowest BCUT2D eigenvalue weighted by Crippen LogP contribution is -2.44. The van der Waals surface area contributed by atoms with Gasteiger partial charge in [0, 0.05) is 25.2 Å². The van der Waals surface area contributed by atoms with E-state index in [-0.39, 0.29) is 18.0 Å². The van der Waals surface area contributed by atoms with Crippen LogP contribution in [0.1, 0.15) is 25.0 Å². The molecule has 2 rings (SSSR count). The molecule has 1 aliphatic rings. The van der Waals surface area contributed by atoms with E-state index in [2.05, 4.69) is 30.0 Å². The number of rotatable bonds is 3. The van der Waals surface area contributed by atoms with Gasteiger partial charge in [0.05, 0.1) is 12.2 Å². The molecule has 1 saturated heterocycles. The number of ether oxygens (including phenoxy) is 1. The quantitative estimate of drug-likeness (QED) is 0.374. The van der Waals surface area contributed by atoms with Crippen LogP contribution in [0.3, 0.4) is 0 Å². The molecule has 1 aromatic carbocycles. The molecule has 1 aliphatic heterocycles. The minimum Gasteiger partial charge on any atom is -0.409 e. The molecule has 1 aromatic rings. The van der Waals surface area contributed by atoms with Crippen LogP contribution in [0, 0.1) is 0 Å². The predicted octanol–water partition coefficient (Wildman–Crippen LogP) is 1.39. The normalized spacial score (nSPS) is 25.5. The first-order valence-electron chi connectivity index (χ1n) is 6.53. The summed E-state index contributed by atoms with van der Waals surface area (Å²) in [5.74, 6) is 0.144. The van der Waals surface area contributed by atoms with Crippen molar-refractivity contribution in [3.05, 3.63) is 35.4 Å². The third kappa shape index (κ3) is 3.68. The van der Waals surface area contributed by atoms with Crippen LogP contribution in [0.25, 0.3) is 0 Å². The van der Waals surface area contributed by atoms with Crippen molar-refractivity contribution in [2.24, 2.45) is 10.9 Å².